The Morgan fingerprint density at radius 3 is 2.23 bits per heavy atom. The molecule has 7 nitrogen and oxygen atoms in total. The van der Waals surface area contributed by atoms with Gasteiger partial charge in [0, 0.05) is 28.8 Å². The summed E-state index contributed by atoms with van der Waals surface area (Å²) >= 11 is 1.50. The highest BCUT2D eigenvalue weighted by Crippen LogP contribution is 2.30. The first-order valence-corrected chi connectivity index (χ1v) is 10.6. The molecule has 0 fully saturated rings. The first kappa shape index (κ1) is 18.5. The van der Waals surface area contributed by atoms with Crippen LogP contribution in [0, 0.1) is 0 Å². The van der Waals surface area contributed by atoms with Crippen molar-refractivity contribution in [2.75, 3.05) is 12.3 Å². The lowest BCUT2D eigenvalue weighted by molar-refractivity contribution is 0.0611. The number of amides is 2. The smallest absolute Gasteiger partial charge is 0.261 e. The van der Waals surface area contributed by atoms with Crippen molar-refractivity contribution >= 4 is 34.3 Å². The summed E-state index contributed by atoms with van der Waals surface area (Å²) in [5.74, 6) is 0.211. The molecule has 3 aromatic carbocycles. The van der Waals surface area contributed by atoms with E-state index >= 15 is 0 Å². The number of rotatable bonds is 6. The molecule has 2 amide bonds. The van der Waals surface area contributed by atoms with Gasteiger partial charge in [0.05, 0.1) is 5.69 Å². The van der Waals surface area contributed by atoms with Crippen LogP contribution in [0.4, 0.5) is 0 Å². The van der Waals surface area contributed by atoms with E-state index in [4.69, 9.17) is 0 Å². The summed E-state index contributed by atoms with van der Waals surface area (Å²) in [5.41, 5.74) is 2.06. The lowest BCUT2D eigenvalue weighted by Gasteiger charge is -2.27. The van der Waals surface area contributed by atoms with E-state index in [-0.39, 0.29) is 11.8 Å². The Kier molecular flexibility index (Phi) is 4.76. The normalized spacial score (nSPS) is 13.3. The minimum Gasteiger partial charge on any atom is -0.274 e. The molecule has 0 aliphatic carbocycles. The fourth-order valence-corrected chi connectivity index (χ4v) is 4.48. The number of imide groups is 1. The van der Waals surface area contributed by atoms with E-state index < -0.39 is 0 Å². The van der Waals surface area contributed by atoms with E-state index in [2.05, 4.69) is 15.5 Å². The maximum absolute atomic E-state index is 12.9. The van der Waals surface area contributed by atoms with E-state index in [9.17, 15) is 9.59 Å². The number of hydrogen-bond donors (Lipinski definition) is 0. The molecule has 148 valence electrons. The van der Waals surface area contributed by atoms with Gasteiger partial charge in [-0.3, -0.25) is 14.5 Å². The highest BCUT2D eigenvalue weighted by Gasteiger charge is 2.32. The van der Waals surface area contributed by atoms with Crippen LogP contribution in [0.15, 0.2) is 71.9 Å². The standard InChI is InChI=1S/C22H17N5O2S/c28-20-17-11-4-7-15-8-5-12-18(19(15)17)21(29)26(20)13-6-14-30-22-23-24-25-27(22)16-9-2-1-3-10-16/h1-5,7-12H,6,13-14H2. The van der Waals surface area contributed by atoms with Crippen LogP contribution in [0.5, 0.6) is 0 Å². The second-order valence-electron chi connectivity index (χ2n) is 6.88. The lowest BCUT2D eigenvalue weighted by Crippen LogP contribution is -2.41. The van der Waals surface area contributed by atoms with Crippen molar-refractivity contribution in [3.05, 3.63) is 77.9 Å². The number of carbonyl (C=O) groups excluding carboxylic acids is 2. The van der Waals surface area contributed by atoms with E-state index in [0.717, 1.165) is 16.5 Å². The van der Waals surface area contributed by atoms with Gasteiger partial charge in [-0.15, -0.1) is 5.10 Å². The summed E-state index contributed by atoms with van der Waals surface area (Å²) in [4.78, 5) is 27.2. The average Bonchev–Trinajstić information content (AvgIpc) is 3.26. The molecule has 0 unspecified atom stereocenters. The number of hydrogen-bond acceptors (Lipinski definition) is 6. The van der Waals surface area contributed by atoms with Gasteiger partial charge in [0.15, 0.2) is 0 Å². The van der Waals surface area contributed by atoms with Crippen molar-refractivity contribution in [3.63, 3.8) is 0 Å². The summed E-state index contributed by atoms with van der Waals surface area (Å²) in [6.07, 6.45) is 0.641. The van der Waals surface area contributed by atoms with Crippen molar-refractivity contribution in [2.24, 2.45) is 0 Å². The summed E-state index contributed by atoms with van der Waals surface area (Å²) in [5, 5.41) is 14.2. The molecule has 5 rings (SSSR count). The van der Waals surface area contributed by atoms with Gasteiger partial charge < -0.3 is 0 Å². The topological polar surface area (TPSA) is 81.0 Å². The van der Waals surface area contributed by atoms with E-state index in [1.165, 1.54) is 16.7 Å². The minimum absolute atomic E-state index is 0.233. The third kappa shape index (κ3) is 3.15. The van der Waals surface area contributed by atoms with E-state index in [1.807, 2.05) is 54.6 Å². The maximum atomic E-state index is 12.9. The van der Waals surface area contributed by atoms with Crippen LogP contribution in [0.3, 0.4) is 0 Å². The molecule has 1 aliphatic heterocycles. The second-order valence-corrected chi connectivity index (χ2v) is 7.94. The Bertz CT molecular complexity index is 1200. The molecular formula is C22H17N5O2S. The molecule has 0 atom stereocenters. The van der Waals surface area contributed by atoms with Crippen LogP contribution in [-0.2, 0) is 0 Å². The Balaban J connectivity index is 1.28. The first-order chi connectivity index (χ1) is 14.7. The Morgan fingerprint density at radius 1 is 0.833 bits per heavy atom. The minimum atomic E-state index is -0.233. The van der Waals surface area contributed by atoms with Crippen molar-refractivity contribution in [1.82, 2.24) is 25.1 Å². The largest absolute Gasteiger partial charge is 0.274 e. The lowest BCUT2D eigenvalue weighted by atomic mass is 9.94. The molecule has 0 saturated heterocycles. The summed E-state index contributed by atoms with van der Waals surface area (Å²) < 4.78 is 1.68. The van der Waals surface area contributed by atoms with Gasteiger partial charge in [0.1, 0.15) is 0 Å². The van der Waals surface area contributed by atoms with Crippen LogP contribution >= 0.6 is 11.8 Å². The Hall–Kier alpha value is -3.52. The summed E-state index contributed by atoms with van der Waals surface area (Å²) in [6, 6.07) is 20.8. The summed E-state index contributed by atoms with van der Waals surface area (Å²) in [6.45, 7) is 0.349. The van der Waals surface area contributed by atoms with Gasteiger partial charge >= 0.3 is 0 Å². The monoisotopic (exact) mass is 415 g/mol. The molecule has 30 heavy (non-hydrogen) atoms. The fraction of sp³-hybridized carbons (Fsp3) is 0.136. The molecule has 0 spiro atoms. The molecule has 4 aromatic rings. The van der Waals surface area contributed by atoms with Crippen LogP contribution in [-0.4, -0.2) is 49.2 Å². The molecule has 2 heterocycles. The molecule has 0 radical (unpaired) electrons. The van der Waals surface area contributed by atoms with Gasteiger partial charge in [-0.05, 0) is 46.5 Å². The molecule has 0 bridgehead atoms. The quantitative estimate of drug-likeness (QED) is 0.272. The Labute approximate surface area is 176 Å². The van der Waals surface area contributed by atoms with E-state index in [1.54, 1.807) is 16.8 Å². The van der Waals surface area contributed by atoms with Gasteiger partial charge in [0.2, 0.25) is 5.16 Å². The van der Waals surface area contributed by atoms with Crippen LogP contribution < -0.4 is 0 Å². The highest BCUT2D eigenvalue weighted by molar-refractivity contribution is 7.99. The van der Waals surface area contributed by atoms with Crippen molar-refractivity contribution < 1.29 is 9.59 Å². The SMILES string of the molecule is O=C1c2cccc3cccc(c23)C(=O)N1CCCSc1nnnn1-c1ccccc1. The van der Waals surface area contributed by atoms with Crippen molar-refractivity contribution in [1.29, 1.82) is 0 Å². The van der Waals surface area contributed by atoms with E-state index in [0.29, 0.717) is 35.0 Å². The number of thioether (sulfide) groups is 1. The number of tetrazole rings is 1. The van der Waals surface area contributed by atoms with Gasteiger partial charge in [-0.25, -0.2) is 0 Å². The average molecular weight is 415 g/mol. The summed E-state index contributed by atoms with van der Waals surface area (Å²) in [7, 11) is 0. The second kappa shape index (κ2) is 7.72. The predicted molar refractivity (Wildman–Crippen MR) is 114 cm³/mol. The van der Waals surface area contributed by atoms with Crippen molar-refractivity contribution in [3.8, 4) is 5.69 Å². The number of nitrogens with zero attached hydrogens (tertiary/aromatic N) is 5. The van der Waals surface area contributed by atoms with Crippen LogP contribution in [0.1, 0.15) is 27.1 Å². The molecule has 1 aliphatic rings. The number of benzene rings is 3. The Morgan fingerprint density at radius 2 is 1.53 bits per heavy atom. The number of carbonyl (C=O) groups is 2. The van der Waals surface area contributed by atoms with Gasteiger partial charge in [-0.1, -0.05) is 54.2 Å². The third-order valence-corrected chi connectivity index (χ3v) is 6.06. The molecule has 1 aromatic heterocycles. The van der Waals surface area contributed by atoms with Crippen molar-refractivity contribution in [2.45, 2.75) is 11.6 Å². The zero-order valence-electron chi connectivity index (χ0n) is 15.9. The molecular weight excluding hydrogens is 398 g/mol. The highest BCUT2D eigenvalue weighted by atomic mass is 32.2. The van der Waals surface area contributed by atoms with Crippen LogP contribution in [0.2, 0.25) is 0 Å². The fourth-order valence-electron chi connectivity index (χ4n) is 3.67. The molecule has 0 saturated carbocycles. The van der Waals surface area contributed by atoms with Crippen LogP contribution in [0.25, 0.3) is 16.5 Å². The molecule has 8 heteroatoms. The first-order valence-electron chi connectivity index (χ1n) is 9.58. The zero-order chi connectivity index (χ0) is 20.5. The predicted octanol–water partition coefficient (Wildman–Crippen LogP) is 3.59. The molecule has 0 N–H and O–H groups in total. The zero-order valence-corrected chi connectivity index (χ0v) is 16.7. The number of para-hydroxylation sites is 1. The number of aromatic nitrogens is 4. The van der Waals surface area contributed by atoms with Gasteiger partial charge in [-0.2, -0.15) is 4.68 Å². The van der Waals surface area contributed by atoms with Gasteiger partial charge in [0.25, 0.3) is 11.8 Å². The maximum Gasteiger partial charge on any atom is 0.261 e. The third-order valence-electron chi connectivity index (χ3n) is 5.05.